The van der Waals surface area contributed by atoms with Gasteiger partial charge in [0, 0.05) is 20.9 Å². The third kappa shape index (κ3) is 5.82. The highest BCUT2D eigenvalue weighted by molar-refractivity contribution is 7.22. The summed E-state index contributed by atoms with van der Waals surface area (Å²) in [5, 5.41) is 1.40. The van der Waals surface area contributed by atoms with E-state index in [9.17, 15) is 0 Å². The summed E-state index contributed by atoms with van der Waals surface area (Å²) >= 11 is 1.94. The molecule has 1 unspecified atom stereocenters. The Kier molecular flexibility index (Phi) is 8.02. The lowest BCUT2D eigenvalue weighted by Gasteiger charge is -2.22. The fourth-order valence-corrected chi connectivity index (χ4v) is 9.61. The normalized spacial score (nSPS) is 13.5. The Morgan fingerprint density at radius 2 is 0.980 bits per heavy atom. The fraction of sp³-hybridized carbons (Fsp3) is 0.120. The molecule has 0 aliphatic heterocycles. The van der Waals surface area contributed by atoms with Gasteiger partial charge in [-0.3, -0.25) is 0 Å². The standard InChI is InChI=1S/C50H40S/c1-50(2)46-33-42(30-32-44(46)49-48(50)45-15-9-10-16-47(45)51-49)39-24-28-41(29-25-39)43(40-26-22-38(23-27-40)36-13-7-4-8-14-36)31-19-34-17-20-37(21-18-34)35-11-5-3-6-12-35/h3-18,20-30,32-33,43H,19,31H2,1-2H3. The van der Waals surface area contributed by atoms with E-state index in [1.807, 2.05) is 11.3 Å². The molecular formula is C50H40S. The highest BCUT2D eigenvalue weighted by Crippen LogP contribution is 2.55. The summed E-state index contributed by atoms with van der Waals surface area (Å²) in [5.41, 5.74) is 16.0. The van der Waals surface area contributed by atoms with Crippen LogP contribution in [0.15, 0.2) is 176 Å². The van der Waals surface area contributed by atoms with Crippen LogP contribution in [0.2, 0.25) is 0 Å². The van der Waals surface area contributed by atoms with Gasteiger partial charge in [-0.25, -0.2) is 0 Å². The second-order valence-corrected chi connectivity index (χ2v) is 15.5. The lowest BCUT2D eigenvalue weighted by Crippen LogP contribution is -2.15. The van der Waals surface area contributed by atoms with Crippen molar-refractivity contribution in [3.63, 3.8) is 0 Å². The molecule has 1 heteroatoms. The maximum Gasteiger partial charge on any atom is 0.0399 e. The molecule has 1 aliphatic carbocycles. The molecule has 8 aromatic rings. The van der Waals surface area contributed by atoms with Crippen molar-refractivity contribution in [2.24, 2.45) is 0 Å². The van der Waals surface area contributed by atoms with Gasteiger partial charge in [0.2, 0.25) is 0 Å². The van der Waals surface area contributed by atoms with Crippen LogP contribution >= 0.6 is 11.3 Å². The minimum Gasteiger partial charge on any atom is -0.135 e. The summed E-state index contributed by atoms with van der Waals surface area (Å²) < 4.78 is 1.38. The molecule has 0 amide bonds. The van der Waals surface area contributed by atoms with Crippen molar-refractivity contribution in [1.29, 1.82) is 0 Å². The highest BCUT2D eigenvalue weighted by Gasteiger charge is 2.38. The van der Waals surface area contributed by atoms with Crippen LogP contribution in [0.5, 0.6) is 0 Å². The lowest BCUT2D eigenvalue weighted by atomic mass is 9.80. The Bertz CT molecular complexity index is 2450. The Morgan fingerprint density at radius 1 is 0.490 bits per heavy atom. The van der Waals surface area contributed by atoms with E-state index in [1.54, 1.807) is 0 Å². The second-order valence-electron chi connectivity index (χ2n) is 14.5. The Morgan fingerprint density at radius 3 is 1.59 bits per heavy atom. The van der Waals surface area contributed by atoms with Crippen molar-refractivity contribution in [2.75, 3.05) is 0 Å². The van der Waals surface area contributed by atoms with Crippen molar-refractivity contribution in [1.82, 2.24) is 0 Å². The first kappa shape index (κ1) is 31.5. The maximum atomic E-state index is 2.45. The van der Waals surface area contributed by atoms with E-state index in [1.165, 1.54) is 81.7 Å². The first-order valence-corrected chi connectivity index (χ1v) is 18.9. The third-order valence-corrected chi connectivity index (χ3v) is 12.2. The molecule has 1 aromatic heterocycles. The van der Waals surface area contributed by atoms with Crippen LogP contribution in [0.25, 0.3) is 53.9 Å². The van der Waals surface area contributed by atoms with E-state index in [4.69, 9.17) is 0 Å². The summed E-state index contributed by atoms with van der Waals surface area (Å²) in [4.78, 5) is 1.44. The molecular weight excluding hydrogens is 633 g/mol. The van der Waals surface area contributed by atoms with Crippen LogP contribution in [-0.2, 0) is 11.8 Å². The number of aryl methyl sites for hydroxylation is 1. The molecule has 0 N–H and O–H groups in total. The minimum atomic E-state index is -0.0312. The predicted molar refractivity (Wildman–Crippen MR) is 219 cm³/mol. The summed E-state index contributed by atoms with van der Waals surface area (Å²) in [7, 11) is 0. The molecule has 246 valence electrons. The zero-order valence-corrected chi connectivity index (χ0v) is 30.0. The SMILES string of the molecule is CC1(C)c2cc(-c3ccc(C(CCc4ccc(-c5ccccc5)cc4)c4ccc(-c5ccccc5)cc4)cc3)ccc2-c2sc3ccccc3c21. The van der Waals surface area contributed by atoms with Gasteiger partial charge in [-0.2, -0.15) is 0 Å². The molecule has 0 spiro atoms. The van der Waals surface area contributed by atoms with Gasteiger partial charge in [-0.15, -0.1) is 11.3 Å². The molecule has 7 aromatic carbocycles. The molecule has 1 aliphatic rings. The first-order chi connectivity index (χ1) is 25.0. The van der Waals surface area contributed by atoms with E-state index in [2.05, 4.69) is 190 Å². The van der Waals surface area contributed by atoms with E-state index >= 15 is 0 Å². The molecule has 0 saturated carbocycles. The summed E-state index contributed by atoms with van der Waals surface area (Å²) in [5.74, 6) is 0.292. The molecule has 1 atom stereocenters. The number of thiophene rings is 1. The number of rotatable bonds is 8. The quantitative estimate of drug-likeness (QED) is 0.151. The fourth-order valence-electron chi connectivity index (χ4n) is 8.21. The molecule has 0 radical (unpaired) electrons. The van der Waals surface area contributed by atoms with Gasteiger partial charge in [0.05, 0.1) is 0 Å². The Labute approximate surface area is 305 Å². The van der Waals surface area contributed by atoms with Crippen molar-refractivity contribution >= 4 is 21.4 Å². The Balaban J connectivity index is 1.01. The average molecular weight is 673 g/mol. The highest BCUT2D eigenvalue weighted by atomic mass is 32.1. The third-order valence-electron chi connectivity index (χ3n) is 11.0. The largest absolute Gasteiger partial charge is 0.135 e. The molecule has 51 heavy (non-hydrogen) atoms. The summed E-state index contributed by atoms with van der Waals surface area (Å²) in [6.07, 6.45) is 2.05. The van der Waals surface area contributed by atoms with Gasteiger partial charge in [-0.1, -0.05) is 178 Å². The van der Waals surface area contributed by atoms with Gasteiger partial charge < -0.3 is 0 Å². The topological polar surface area (TPSA) is 0 Å². The van der Waals surface area contributed by atoms with Gasteiger partial charge in [0.15, 0.2) is 0 Å². The number of hydrogen-bond donors (Lipinski definition) is 0. The van der Waals surface area contributed by atoms with Crippen molar-refractivity contribution in [3.05, 3.63) is 204 Å². The first-order valence-electron chi connectivity index (χ1n) is 18.1. The van der Waals surface area contributed by atoms with Gasteiger partial charge in [-0.05, 0) is 97.1 Å². The number of benzene rings is 7. The number of hydrogen-bond acceptors (Lipinski definition) is 1. The van der Waals surface area contributed by atoms with Gasteiger partial charge >= 0.3 is 0 Å². The average Bonchev–Trinajstić information content (AvgIpc) is 3.69. The summed E-state index contributed by atoms with van der Waals surface area (Å²) in [6.45, 7) is 4.79. The van der Waals surface area contributed by atoms with Crippen LogP contribution in [0.4, 0.5) is 0 Å². The van der Waals surface area contributed by atoms with Crippen LogP contribution in [-0.4, -0.2) is 0 Å². The van der Waals surface area contributed by atoms with Crippen molar-refractivity contribution in [2.45, 2.75) is 38.0 Å². The molecule has 1 heterocycles. The van der Waals surface area contributed by atoms with E-state index in [0.717, 1.165) is 12.8 Å². The van der Waals surface area contributed by atoms with Crippen LogP contribution in [0.1, 0.15) is 54.0 Å². The smallest absolute Gasteiger partial charge is 0.0399 e. The minimum absolute atomic E-state index is 0.0312. The summed E-state index contributed by atoms with van der Waals surface area (Å²) in [6, 6.07) is 65.1. The predicted octanol–water partition coefficient (Wildman–Crippen LogP) is 14.0. The Hall–Kier alpha value is -5.50. The van der Waals surface area contributed by atoms with Crippen LogP contribution in [0, 0.1) is 0 Å². The molecule has 0 nitrogen and oxygen atoms in total. The van der Waals surface area contributed by atoms with Gasteiger partial charge in [0.1, 0.15) is 0 Å². The lowest BCUT2D eigenvalue weighted by molar-refractivity contribution is 0.667. The van der Waals surface area contributed by atoms with Gasteiger partial charge in [0.25, 0.3) is 0 Å². The maximum absolute atomic E-state index is 2.45. The van der Waals surface area contributed by atoms with Crippen molar-refractivity contribution in [3.8, 4) is 43.8 Å². The van der Waals surface area contributed by atoms with Crippen LogP contribution in [0.3, 0.4) is 0 Å². The zero-order chi connectivity index (χ0) is 34.4. The second kappa shape index (κ2) is 13.0. The van der Waals surface area contributed by atoms with Crippen LogP contribution < -0.4 is 0 Å². The monoisotopic (exact) mass is 672 g/mol. The van der Waals surface area contributed by atoms with Crippen molar-refractivity contribution < 1.29 is 0 Å². The van der Waals surface area contributed by atoms with E-state index < -0.39 is 0 Å². The van der Waals surface area contributed by atoms with E-state index in [0.29, 0.717) is 5.92 Å². The number of fused-ring (bicyclic) bond motifs is 5. The zero-order valence-electron chi connectivity index (χ0n) is 29.1. The molecule has 0 bridgehead atoms. The molecule has 0 saturated heterocycles. The van der Waals surface area contributed by atoms with E-state index in [-0.39, 0.29) is 5.41 Å². The molecule has 0 fully saturated rings. The molecule has 9 rings (SSSR count).